The Balaban J connectivity index is 2.73. The fraction of sp³-hybridized carbons (Fsp3) is 0. The molecular weight excluding hydrogens is 267 g/mol. The molecule has 88 valence electrons. The first-order valence-electron chi connectivity index (χ1n) is 4.69. The lowest BCUT2D eigenvalue weighted by molar-refractivity contribution is 0.607. The molecule has 0 aliphatic rings. The second kappa shape index (κ2) is 4.51. The van der Waals surface area contributed by atoms with Crippen LogP contribution in [0.4, 0.5) is 14.5 Å². The number of benzene rings is 2. The number of nitrogen functional groups attached to an aromatic ring is 1. The van der Waals surface area contributed by atoms with Crippen molar-refractivity contribution in [2.75, 3.05) is 5.73 Å². The number of hydrogen-bond donors (Lipinski definition) is 1. The maximum Gasteiger partial charge on any atom is 0.146 e. The summed E-state index contributed by atoms with van der Waals surface area (Å²) < 4.78 is 27.0. The van der Waals surface area contributed by atoms with Gasteiger partial charge in [0.05, 0.1) is 5.69 Å². The molecule has 2 N–H and O–H groups in total. The van der Waals surface area contributed by atoms with Crippen LogP contribution in [0.3, 0.4) is 0 Å². The lowest BCUT2D eigenvalue weighted by Gasteiger charge is -2.09. The average molecular weight is 274 g/mol. The number of anilines is 1. The van der Waals surface area contributed by atoms with Crippen LogP contribution in [0.15, 0.2) is 30.3 Å². The number of hydrogen-bond acceptors (Lipinski definition) is 1. The molecule has 0 fully saturated rings. The Labute approximate surface area is 107 Å². The zero-order valence-electron chi connectivity index (χ0n) is 8.48. The maximum atomic E-state index is 13.7. The first-order chi connectivity index (χ1) is 8.00. The van der Waals surface area contributed by atoms with E-state index in [0.717, 1.165) is 12.1 Å². The minimum absolute atomic E-state index is 0.00713. The normalized spacial score (nSPS) is 10.6. The molecule has 0 heterocycles. The Morgan fingerprint density at radius 1 is 0.941 bits per heavy atom. The van der Waals surface area contributed by atoms with E-state index in [-0.39, 0.29) is 26.9 Å². The van der Waals surface area contributed by atoms with Gasteiger partial charge in [-0.3, -0.25) is 0 Å². The summed E-state index contributed by atoms with van der Waals surface area (Å²) in [5, 5.41) is 0.501. The predicted octanol–water partition coefficient (Wildman–Crippen LogP) is 4.52. The first-order valence-corrected chi connectivity index (χ1v) is 5.45. The summed E-state index contributed by atoms with van der Waals surface area (Å²) in [5.41, 5.74) is 5.26. The van der Waals surface area contributed by atoms with Crippen LogP contribution in [0.2, 0.25) is 10.0 Å². The molecule has 17 heavy (non-hydrogen) atoms. The minimum Gasteiger partial charge on any atom is -0.396 e. The van der Waals surface area contributed by atoms with Gasteiger partial charge in [0, 0.05) is 27.2 Å². The van der Waals surface area contributed by atoms with Crippen LogP contribution in [-0.2, 0) is 0 Å². The minimum atomic E-state index is -0.711. The van der Waals surface area contributed by atoms with Crippen molar-refractivity contribution < 1.29 is 8.78 Å². The van der Waals surface area contributed by atoms with Crippen LogP contribution in [-0.4, -0.2) is 0 Å². The van der Waals surface area contributed by atoms with E-state index >= 15 is 0 Å². The molecule has 0 spiro atoms. The highest BCUT2D eigenvalue weighted by Crippen LogP contribution is 2.37. The predicted molar refractivity (Wildman–Crippen MR) is 66.2 cm³/mol. The molecule has 0 aliphatic carbocycles. The summed E-state index contributed by atoms with van der Waals surface area (Å²) in [5.74, 6) is -1.38. The topological polar surface area (TPSA) is 26.0 Å². The van der Waals surface area contributed by atoms with Crippen molar-refractivity contribution in [2.45, 2.75) is 0 Å². The fourth-order valence-electron chi connectivity index (χ4n) is 1.51. The molecule has 0 bridgehead atoms. The number of nitrogens with two attached hydrogens (primary N) is 1. The standard InChI is InChI=1S/C12H7Cl2F2N/c13-7-2-1-3-8(14)12(7)6-4-10(16)11(17)5-9(6)15/h1-5H,17H2. The maximum absolute atomic E-state index is 13.7. The molecule has 0 atom stereocenters. The Morgan fingerprint density at radius 3 is 2.12 bits per heavy atom. The van der Waals surface area contributed by atoms with Gasteiger partial charge >= 0.3 is 0 Å². The summed E-state index contributed by atoms with van der Waals surface area (Å²) in [6.07, 6.45) is 0. The molecule has 0 saturated carbocycles. The van der Waals surface area contributed by atoms with Gasteiger partial charge < -0.3 is 5.73 Å². The monoisotopic (exact) mass is 273 g/mol. The van der Waals surface area contributed by atoms with Gasteiger partial charge in [0.2, 0.25) is 0 Å². The summed E-state index contributed by atoms with van der Waals surface area (Å²) in [6, 6.07) is 6.62. The van der Waals surface area contributed by atoms with Gasteiger partial charge in [0.15, 0.2) is 0 Å². The second-order valence-electron chi connectivity index (χ2n) is 3.45. The van der Waals surface area contributed by atoms with E-state index in [1.165, 1.54) is 0 Å². The lowest BCUT2D eigenvalue weighted by Crippen LogP contribution is -1.95. The fourth-order valence-corrected chi connectivity index (χ4v) is 2.11. The third-order valence-corrected chi connectivity index (χ3v) is 2.95. The number of rotatable bonds is 1. The smallest absolute Gasteiger partial charge is 0.146 e. The molecule has 0 aliphatic heterocycles. The molecule has 2 aromatic rings. The van der Waals surface area contributed by atoms with E-state index in [1.807, 2.05) is 0 Å². The van der Waals surface area contributed by atoms with Crippen molar-refractivity contribution in [3.8, 4) is 11.1 Å². The second-order valence-corrected chi connectivity index (χ2v) is 4.26. The first kappa shape index (κ1) is 12.1. The van der Waals surface area contributed by atoms with Crippen LogP contribution in [0.1, 0.15) is 0 Å². The third-order valence-electron chi connectivity index (χ3n) is 2.32. The van der Waals surface area contributed by atoms with Crippen LogP contribution in [0.25, 0.3) is 11.1 Å². The Morgan fingerprint density at radius 2 is 1.53 bits per heavy atom. The van der Waals surface area contributed by atoms with Crippen molar-refractivity contribution in [2.24, 2.45) is 0 Å². The van der Waals surface area contributed by atoms with Crippen LogP contribution >= 0.6 is 23.2 Å². The average Bonchev–Trinajstić information content (AvgIpc) is 2.25. The Bertz CT molecular complexity index is 565. The van der Waals surface area contributed by atoms with Gasteiger partial charge in [-0.15, -0.1) is 0 Å². The van der Waals surface area contributed by atoms with Crippen LogP contribution in [0.5, 0.6) is 0 Å². The van der Waals surface area contributed by atoms with Gasteiger partial charge in [-0.1, -0.05) is 29.3 Å². The quantitative estimate of drug-likeness (QED) is 0.760. The van der Waals surface area contributed by atoms with E-state index in [2.05, 4.69) is 0 Å². The van der Waals surface area contributed by atoms with Gasteiger partial charge in [-0.2, -0.15) is 0 Å². The van der Waals surface area contributed by atoms with Crippen molar-refractivity contribution in [3.63, 3.8) is 0 Å². The third kappa shape index (κ3) is 2.21. The summed E-state index contributed by atoms with van der Waals surface area (Å²) in [6.45, 7) is 0. The van der Waals surface area contributed by atoms with E-state index in [1.54, 1.807) is 18.2 Å². The number of halogens is 4. The summed E-state index contributed by atoms with van der Waals surface area (Å²) in [4.78, 5) is 0. The highest BCUT2D eigenvalue weighted by molar-refractivity contribution is 6.39. The van der Waals surface area contributed by atoms with Gasteiger partial charge in [0.25, 0.3) is 0 Å². The molecule has 5 heteroatoms. The van der Waals surface area contributed by atoms with E-state index < -0.39 is 11.6 Å². The summed E-state index contributed by atoms with van der Waals surface area (Å²) >= 11 is 11.8. The molecule has 0 aromatic heterocycles. The molecule has 2 rings (SSSR count). The van der Waals surface area contributed by atoms with Crippen LogP contribution < -0.4 is 5.73 Å². The highest BCUT2D eigenvalue weighted by Gasteiger charge is 2.15. The SMILES string of the molecule is Nc1cc(F)c(-c2c(Cl)cccc2Cl)cc1F. The van der Waals surface area contributed by atoms with Crippen molar-refractivity contribution in [1.29, 1.82) is 0 Å². The molecule has 1 nitrogen and oxygen atoms in total. The van der Waals surface area contributed by atoms with Gasteiger partial charge in [-0.25, -0.2) is 8.78 Å². The van der Waals surface area contributed by atoms with E-state index in [4.69, 9.17) is 28.9 Å². The largest absolute Gasteiger partial charge is 0.396 e. The zero-order valence-corrected chi connectivity index (χ0v) is 9.99. The van der Waals surface area contributed by atoms with Crippen molar-refractivity contribution in [3.05, 3.63) is 52.0 Å². The molecule has 0 amide bonds. The van der Waals surface area contributed by atoms with E-state index in [9.17, 15) is 8.78 Å². The van der Waals surface area contributed by atoms with Gasteiger partial charge in [-0.05, 0) is 18.2 Å². The summed E-state index contributed by atoms with van der Waals surface area (Å²) in [7, 11) is 0. The Kier molecular flexibility index (Phi) is 3.22. The van der Waals surface area contributed by atoms with E-state index in [0.29, 0.717) is 0 Å². The lowest BCUT2D eigenvalue weighted by atomic mass is 10.0. The zero-order chi connectivity index (χ0) is 12.6. The van der Waals surface area contributed by atoms with Crippen molar-refractivity contribution in [1.82, 2.24) is 0 Å². The molecule has 2 aromatic carbocycles. The highest BCUT2D eigenvalue weighted by atomic mass is 35.5. The Hall–Kier alpha value is -1.32. The molecular formula is C12H7Cl2F2N. The van der Waals surface area contributed by atoms with Crippen molar-refractivity contribution >= 4 is 28.9 Å². The molecule has 0 unspecified atom stereocenters. The molecule has 0 saturated heterocycles. The molecule has 0 radical (unpaired) electrons. The van der Waals surface area contributed by atoms with Gasteiger partial charge in [0.1, 0.15) is 11.6 Å². The van der Waals surface area contributed by atoms with Crippen LogP contribution in [0, 0.1) is 11.6 Å².